The number of aromatic nitrogens is 2. The molecule has 172 valence electrons. The molecular formula is C27H24F2N4O. The molecule has 0 atom stereocenters. The Hall–Kier alpha value is -3.84. The van der Waals surface area contributed by atoms with Gasteiger partial charge in [0.25, 0.3) is 0 Å². The Labute approximate surface area is 196 Å². The van der Waals surface area contributed by atoms with Crippen LogP contribution in [0.5, 0.6) is 0 Å². The highest BCUT2D eigenvalue weighted by Crippen LogP contribution is 2.33. The molecule has 2 aromatic heterocycles. The molecule has 34 heavy (non-hydrogen) atoms. The van der Waals surface area contributed by atoms with Gasteiger partial charge in [-0.3, -0.25) is 9.69 Å². The predicted octanol–water partition coefficient (Wildman–Crippen LogP) is 5.76. The lowest BCUT2D eigenvalue weighted by atomic mass is 10.0. The first kappa shape index (κ1) is 22.0. The Bertz CT molecular complexity index is 1390. The third-order valence-electron chi connectivity index (χ3n) is 6.09. The van der Waals surface area contributed by atoms with Crippen LogP contribution < -0.4 is 5.32 Å². The fourth-order valence-corrected chi connectivity index (χ4v) is 4.40. The third kappa shape index (κ3) is 4.47. The van der Waals surface area contributed by atoms with Crippen molar-refractivity contribution >= 4 is 28.2 Å². The maximum Gasteiger partial charge on any atom is 0.221 e. The van der Waals surface area contributed by atoms with Crippen molar-refractivity contribution in [2.24, 2.45) is 0 Å². The summed E-state index contributed by atoms with van der Waals surface area (Å²) in [5.41, 5.74) is 5.60. The molecule has 5 nitrogen and oxygen atoms in total. The highest BCUT2D eigenvalue weighted by molar-refractivity contribution is 5.95. The Morgan fingerprint density at radius 2 is 1.94 bits per heavy atom. The minimum Gasteiger partial charge on any atom is -0.339 e. The quantitative estimate of drug-likeness (QED) is 0.400. The Morgan fingerprint density at radius 3 is 2.68 bits per heavy atom. The van der Waals surface area contributed by atoms with Crippen molar-refractivity contribution in [1.82, 2.24) is 14.9 Å². The number of anilines is 1. The number of carbonyl (C=O) groups excluding carboxylic acids is 1. The molecule has 0 radical (unpaired) electrons. The SMILES string of the molecule is CC(=O)Nc1ccc(CN2CC=C(c3cc4c(-c5cccc(F)c5F)ccnc4[nH]3)CC2)cc1. The van der Waals surface area contributed by atoms with Gasteiger partial charge in [0.05, 0.1) is 0 Å². The van der Waals surface area contributed by atoms with Crippen LogP contribution in [0, 0.1) is 11.6 Å². The van der Waals surface area contributed by atoms with E-state index >= 15 is 0 Å². The molecular weight excluding hydrogens is 434 g/mol. The van der Waals surface area contributed by atoms with Crippen molar-refractivity contribution in [3.05, 3.63) is 89.8 Å². The normalized spacial score (nSPS) is 14.3. The molecule has 4 aromatic rings. The van der Waals surface area contributed by atoms with E-state index in [-0.39, 0.29) is 11.5 Å². The zero-order valence-electron chi connectivity index (χ0n) is 18.7. The fourth-order valence-electron chi connectivity index (χ4n) is 4.40. The summed E-state index contributed by atoms with van der Waals surface area (Å²) in [6.45, 7) is 4.02. The van der Waals surface area contributed by atoms with Crippen LogP contribution in [0.2, 0.25) is 0 Å². The number of amides is 1. The summed E-state index contributed by atoms with van der Waals surface area (Å²) >= 11 is 0. The molecule has 7 heteroatoms. The van der Waals surface area contributed by atoms with Gasteiger partial charge in [-0.05, 0) is 53.5 Å². The van der Waals surface area contributed by atoms with E-state index in [1.807, 2.05) is 30.3 Å². The summed E-state index contributed by atoms with van der Waals surface area (Å²) in [7, 11) is 0. The average Bonchev–Trinajstić information content (AvgIpc) is 3.27. The zero-order chi connectivity index (χ0) is 23.7. The van der Waals surface area contributed by atoms with Gasteiger partial charge in [-0.25, -0.2) is 13.8 Å². The van der Waals surface area contributed by atoms with Crippen molar-refractivity contribution in [3.8, 4) is 11.1 Å². The standard InChI is InChI=1S/C27H24F2N4O/c1-17(34)31-20-7-5-18(6-8-20)16-33-13-10-19(11-14-33)25-15-23-21(9-12-30-27(23)32-25)22-3-2-4-24(28)26(22)29/h2-10,12,15H,11,13-14,16H2,1H3,(H,30,32)(H,31,34). The van der Waals surface area contributed by atoms with E-state index in [0.29, 0.717) is 11.2 Å². The fraction of sp³-hybridized carbons (Fsp3) is 0.185. The second kappa shape index (κ2) is 9.19. The third-order valence-corrected chi connectivity index (χ3v) is 6.09. The first-order valence-corrected chi connectivity index (χ1v) is 11.2. The van der Waals surface area contributed by atoms with Crippen LogP contribution in [-0.2, 0) is 11.3 Å². The van der Waals surface area contributed by atoms with Crippen molar-refractivity contribution in [3.63, 3.8) is 0 Å². The first-order chi connectivity index (χ1) is 16.5. The Morgan fingerprint density at radius 1 is 1.12 bits per heavy atom. The van der Waals surface area contributed by atoms with E-state index in [2.05, 4.69) is 26.3 Å². The van der Waals surface area contributed by atoms with Gasteiger partial charge in [0.1, 0.15) is 5.65 Å². The van der Waals surface area contributed by atoms with Crippen LogP contribution in [-0.4, -0.2) is 33.9 Å². The number of pyridine rings is 1. The molecule has 0 aliphatic carbocycles. The predicted molar refractivity (Wildman–Crippen MR) is 130 cm³/mol. The zero-order valence-corrected chi connectivity index (χ0v) is 18.7. The van der Waals surface area contributed by atoms with Crippen LogP contribution in [0.1, 0.15) is 24.6 Å². The number of halogens is 2. The van der Waals surface area contributed by atoms with Crippen LogP contribution in [0.15, 0.2) is 66.9 Å². The Kier molecular flexibility index (Phi) is 5.94. The number of rotatable bonds is 5. The van der Waals surface area contributed by atoms with Crippen LogP contribution in [0.25, 0.3) is 27.7 Å². The second-order valence-corrected chi connectivity index (χ2v) is 8.50. The number of H-pyrrole nitrogens is 1. The molecule has 5 rings (SSSR count). The summed E-state index contributed by atoms with van der Waals surface area (Å²) < 4.78 is 28.2. The van der Waals surface area contributed by atoms with Gasteiger partial charge >= 0.3 is 0 Å². The molecule has 0 bridgehead atoms. The van der Waals surface area contributed by atoms with Crippen molar-refractivity contribution < 1.29 is 13.6 Å². The Balaban J connectivity index is 1.33. The van der Waals surface area contributed by atoms with E-state index in [1.54, 1.807) is 18.3 Å². The van der Waals surface area contributed by atoms with Crippen LogP contribution in [0.4, 0.5) is 14.5 Å². The number of benzene rings is 2. The van der Waals surface area contributed by atoms with Gasteiger partial charge in [0.15, 0.2) is 11.6 Å². The number of aromatic amines is 1. The molecule has 0 fully saturated rings. The summed E-state index contributed by atoms with van der Waals surface area (Å²) in [4.78, 5) is 21.3. The van der Waals surface area contributed by atoms with Gasteiger partial charge in [0, 0.05) is 55.1 Å². The van der Waals surface area contributed by atoms with Crippen LogP contribution >= 0.6 is 0 Å². The minimum atomic E-state index is -0.863. The maximum atomic E-state index is 14.4. The number of carbonyl (C=O) groups is 1. The highest BCUT2D eigenvalue weighted by Gasteiger charge is 2.18. The second-order valence-electron chi connectivity index (χ2n) is 8.50. The largest absolute Gasteiger partial charge is 0.339 e. The van der Waals surface area contributed by atoms with E-state index in [0.717, 1.165) is 48.9 Å². The molecule has 1 aliphatic heterocycles. The monoisotopic (exact) mass is 458 g/mol. The van der Waals surface area contributed by atoms with Gasteiger partial charge in [0.2, 0.25) is 5.91 Å². The molecule has 2 N–H and O–H groups in total. The number of nitrogens with one attached hydrogen (secondary N) is 2. The summed E-state index contributed by atoms with van der Waals surface area (Å²) in [5.74, 6) is -1.80. The minimum absolute atomic E-state index is 0.0817. The molecule has 1 aliphatic rings. The number of hydrogen-bond acceptors (Lipinski definition) is 3. The lowest BCUT2D eigenvalue weighted by Gasteiger charge is -2.26. The topological polar surface area (TPSA) is 61.0 Å². The van der Waals surface area contributed by atoms with Crippen molar-refractivity contribution in [2.45, 2.75) is 19.9 Å². The van der Waals surface area contributed by atoms with E-state index in [9.17, 15) is 13.6 Å². The highest BCUT2D eigenvalue weighted by atomic mass is 19.2. The van der Waals surface area contributed by atoms with Gasteiger partial charge in [-0.2, -0.15) is 0 Å². The van der Waals surface area contributed by atoms with E-state index in [1.165, 1.54) is 24.1 Å². The first-order valence-electron chi connectivity index (χ1n) is 11.2. The average molecular weight is 459 g/mol. The van der Waals surface area contributed by atoms with Gasteiger partial charge in [-0.15, -0.1) is 0 Å². The van der Waals surface area contributed by atoms with E-state index < -0.39 is 11.6 Å². The van der Waals surface area contributed by atoms with Crippen LogP contribution in [0.3, 0.4) is 0 Å². The molecule has 0 unspecified atom stereocenters. The summed E-state index contributed by atoms with van der Waals surface area (Å²) in [6, 6.07) is 15.8. The lowest BCUT2D eigenvalue weighted by molar-refractivity contribution is -0.114. The van der Waals surface area contributed by atoms with Crippen molar-refractivity contribution in [1.29, 1.82) is 0 Å². The molecule has 2 aromatic carbocycles. The smallest absolute Gasteiger partial charge is 0.221 e. The van der Waals surface area contributed by atoms with Gasteiger partial charge in [-0.1, -0.05) is 30.3 Å². The molecule has 1 amide bonds. The summed E-state index contributed by atoms with van der Waals surface area (Å²) in [6.07, 6.45) is 4.67. The van der Waals surface area contributed by atoms with Gasteiger partial charge < -0.3 is 10.3 Å². The van der Waals surface area contributed by atoms with E-state index in [4.69, 9.17) is 0 Å². The molecule has 0 spiro atoms. The maximum absolute atomic E-state index is 14.4. The number of hydrogen-bond donors (Lipinski definition) is 2. The lowest BCUT2D eigenvalue weighted by Crippen LogP contribution is -2.28. The number of fused-ring (bicyclic) bond motifs is 1. The molecule has 0 saturated heterocycles. The van der Waals surface area contributed by atoms with Crippen molar-refractivity contribution in [2.75, 3.05) is 18.4 Å². The summed E-state index contributed by atoms with van der Waals surface area (Å²) in [5, 5.41) is 3.55. The molecule has 3 heterocycles. The molecule has 0 saturated carbocycles. The number of nitrogens with zero attached hydrogens (tertiary/aromatic N) is 2.